The Hall–Kier alpha value is -1.50. The molecule has 1 heterocycles. The summed E-state index contributed by atoms with van der Waals surface area (Å²) in [6, 6.07) is 8.98. The summed E-state index contributed by atoms with van der Waals surface area (Å²) in [6.45, 7) is 9.30. The standard InChI is InChI=1S/C16H21N/c1-4-13-8-7-9-14(12-13)15-10-11-17(6-3)16(15)5-2/h5-9,12,15H,3-4,10-11H2,1-2H3/b16-5-. The number of hydrogen-bond donors (Lipinski definition) is 0. The molecule has 1 aliphatic heterocycles. The van der Waals surface area contributed by atoms with E-state index in [1.807, 2.05) is 6.20 Å². The van der Waals surface area contributed by atoms with E-state index in [1.54, 1.807) is 0 Å². The van der Waals surface area contributed by atoms with Crippen LogP contribution in [0.15, 0.2) is 48.8 Å². The summed E-state index contributed by atoms with van der Waals surface area (Å²) < 4.78 is 0. The third kappa shape index (κ3) is 2.28. The van der Waals surface area contributed by atoms with Crippen molar-refractivity contribution in [1.82, 2.24) is 4.90 Å². The fraction of sp³-hybridized carbons (Fsp3) is 0.375. The Balaban J connectivity index is 2.30. The molecule has 0 radical (unpaired) electrons. The average molecular weight is 227 g/mol. The summed E-state index contributed by atoms with van der Waals surface area (Å²) in [7, 11) is 0. The Morgan fingerprint density at radius 2 is 2.29 bits per heavy atom. The molecule has 1 heteroatoms. The van der Waals surface area contributed by atoms with E-state index in [9.17, 15) is 0 Å². The van der Waals surface area contributed by atoms with Gasteiger partial charge in [-0.3, -0.25) is 0 Å². The molecule has 0 aromatic heterocycles. The van der Waals surface area contributed by atoms with Crippen LogP contribution in [0.25, 0.3) is 0 Å². The minimum Gasteiger partial charge on any atom is -0.352 e. The van der Waals surface area contributed by atoms with Gasteiger partial charge in [0.1, 0.15) is 0 Å². The topological polar surface area (TPSA) is 3.24 Å². The van der Waals surface area contributed by atoms with Gasteiger partial charge in [0.15, 0.2) is 0 Å². The van der Waals surface area contributed by atoms with Gasteiger partial charge in [0.2, 0.25) is 0 Å². The zero-order valence-electron chi connectivity index (χ0n) is 10.8. The molecular formula is C16H21N. The van der Waals surface area contributed by atoms with E-state index in [1.165, 1.54) is 23.2 Å². The minimum absolute atomic E-state index is 0.546. The summed E-state index contributed by atoms with van der Waals surface area (Å²) in [6.07, 6.45) is 6.47. The van der Waals surface area contributed by atoms with Crippen molar-refractivity contribution in [2.75, 3.05) is 6.54 Å². The molecule has 0 saturated carbocycles. The Labute approximate surface area is 104 Å². The summed E-state index contributed by atoms with van der Waals surface area (Å²) >= 11 is 0. The largest absolute Gasteiger partial charge is 0.352 e. The summed E-state index contributed by atoms with van der Waals surface area (Å²) in [4.78, 5) is 2.27. The van der Waals surface area contributed by atoms with Crippen LogP contribution in [0, 0.1) is 0 Å². The molecule has 1 fully saturated rings. The van der Waals surface area contributed by atoms with Crippen molar-refractivity contribution in [2.45, 2.75) is 32.6 Å². The Bertz CT molecular complexity index is 431. The maximum absolute atomic E-state index is 3.89. The van der Waals surface area contributed by atoms with Gasteiger partial charge >= 0.3 is 0 Å². The fourth-order valence-corrected chi connectivity index (χ4v) is 2.68. The molecule has 0 bridgehead atoms. The van der Waals surface area contributed by atoms with Crippen molar-refractivity contribution in [1.29, 1.82) is 0 Å². The Morgan fingerprint density at radius 1 is 1.47 bits per heavy atom. The van der Waals surface area contributed by atoms with E-state index in [2.05, 4.69) is 55.7 Å². The fourth-order valence-electron chi connectivity index (χ4n) is 2.68. The number of likely N-dealkylation sites (tertiary alicyclic amines) is 1. The van der Waals surface area contributed by atoms with Gasteiger partial charge in [0.25, 0.3) is 0 Å². The van der Waals surface area contributed by atoms with Crippen molar-refractivity contribution >= 4 is 0 Å². The van der Waals surface area contributed by atoms with Gasteiger partial charge in [-0.05, 0) is 37.1 Å². The number of hydrogen-bond acceptors (Lipinski definition) is 1. The van der Waals surface area contributed by atoms with Gasteiger partial charge in [-0.15, -0.1) is 0 Å². The highest BCUT2D eigenvalue weighted by Gasteiger charge is 2.26. The van der Waals surface area contributed by atoms with E-state index < -0.39 is 0 Å². The van der Waals surface area contributed by atoms with Crippen LogP contribution in [0.3, 0.4) is 0 Å². The lowest BCUT2D eigenvalue weighted by molar-refractivity contribution is 0.534. The molecule has 1 aliphatic rings. The van der Waals surface area contributed by atoms with Crippen LogP contribution >= 0.6 is 0 Å². The highest BCUT2D eigenvalue weighted by atomic mass is 15.1. The quantitative estimate of drug-likeness (QED) is 0.752. The van der Waals surface area contributed by atoms with Gasteiger partial charge in [-0.2, -0.15) is 0 Å². The number of benzene rings is 1. The second kappa shape index (κ2) is 5.22. The van der Waals surface area contributed by atoms with Crippen molar-refractivity contribution in [2.24, 2.45) is 0 Å². The molecule has 17 heavy (non-hydrogen) atoms. The van der Waals surface area contributed by atoms with E-state index in [0.717, 1.165) is 13.0 Å². The monoisotopic (exact) mass is 227 g/mol. The lowest BCUT2D eigenvalue weighted by Gasteiger charge is -2.18. The third-order valence-electron chi connectivity index (χ3n) is 3.63. The smallest absolute Gasteiger partial charge is 0.0256 e. The Morgan fingerprint density at radius 3 is 2.94 bits per heavy atom. The first kappa shape index (κ1) is 12.0. The minimum atomic E-state index is 0.546. The molecule has 0 spiro atoms. The van der Waals surface area contributed by atoms with Gasteiger partial charge in [-0.25, -0.2) is 0 Å². The van der Waals surface area contributed by atoms with Crippen molar-refractivity contribution in [3.05, 3.63) is 59.9 Å². The third-order valence-corrected chi connectivity index (χ3v) is 3.63. The molecule has 2 rings (SSSR count). The molecular weight excluding hydrogens is 206 g/mol. The van der Waals surface area contributed by atoms with E-state index in [-0.39, 0.29) is 0 Å². The van der Waals surface area contributed by atoms with Crippen LogP contribution in [-0.4, -0.2) is 11.4 Å². The van der Waals surface area contributed by atoms with Gasteiger partial charge in [0, 0.05) is 18.2 Å². The van der Waals surface area contributed by atoms with Crippen molar-refractivity contribution in [3.63, 3.8) is 0 Å². The first-order valence-electron chi connectivity index (χ1n) is 6.44. The molecule has 1 aromatic rings. The molecule has 1 nitrogen and oxygen atoms in total. The molecule has 1 aromatic carbocycles. The maximum Gasteiger partial charge on any atom is 0.0256 e. The zero-order valence-corrected chi connectivity index (χ0v) is 10.8. The lowest BCUT2D eigenvalue weighted by atomic mass is 9.93. The van der Waals surface area contributed by atoms with Gasteiger partial charge < -0.3 is 4.90 Å². The highest BCUT2D eigenvalue weighted by Crippen LogP contribution is 2.36. The normalized spacial score (nSPS) is 22.1. The SMILES string of the molecule is C=CN1CCC(c2cccc(CC)c2)/C1=C/C. The van der Waals surface area contributed by atoms with Crippen LogP contribution in [0.1, 0.15) is 37.3 Å². The summed E-state index contributed by atoms with van der Waals surface area (Å²) in [5.41, 5.74) is 4.27. The first-order valence-corrected chi connectivity index (χ1v) is 6.44. The van der Waals surface area contributed by atoms with E-state index >= 15 is 0 Å². The number of aryl methyl sites for hydroxylation is 1. The van der Waals surface area contributed by atoms with Crippen LogP contribution in [0.5, 0.6) is 0 Å². The predicted molar refractivity (Wildman–Crippen MR) is 73.8 cm³/mol. The maximum atomic E-state index is 3.89. The van der Waals surface area contributed by atoms with Crippen LogP contribution in [0.4, 0.5) is 0 Å². The highest BCUT2D eigenvalue weighted by molar-refractivity contribution is 5.34. The molecule has 1 saturated heterocycles. The number of nitrogens with zero attached hydrogens (tertiary/aromatic N) is 1. The van der Waals surface area contributed by atoms with Gasteiger partial charge in [0.05, 0.1) is 0 Å². The van der Waals surface area contributed by atoms with Crippen LogP contribution < -0.4 is 0 Å². The first-order chi connectivity index (χ1) is 8.30. The predicted octanol–water partition coefficient (Wildman–Crippen LogP) is 4.09. The molecule has 0 aliphatic carbocycles. The molecule has 0 amide bonds. The second-order valence-corrected chi connectivity index (χ2v) is 4.53. The summed E-state index contributed by atoms with van der Waals surface area (Å²) in [5, 5.41) is 0. The molecule has 0 N–H and O–H groups in total. The number of allylic oxidation sites excluding steroid dienone is 2. The molecule has 90 valence electrons. The Kier molecular flexibility index (Phi) is 3.68. The van der Waals surface area contributed by atoms with E-state index in [0.29, 0.717) is 5.92 Å². The zero-order chi connectivity index (χ0) is 12.3. The second-order valence-electron chi connectivity index (χ2n) is 4.53. The summed E-state index contributed by atoms with van der Waals surface area (Å²) in [5.74, 6) is 0.546. The number of rotatable bonds is 3. The van der Waals surface area contributed by atoms with Crippen molar-refractivity contribution < 1.29 is 0 Å². The average Bonchev–Trinajstić information content (AvgIpc) is 2.81. The van der Waals surface area contributed by atoms with Crippen LogP contribution in [-0.2, 0) is 6.42 Å². The molecule has 1 atom stereocenters. The van der Waals surface area contributed by atoms with E-state index in [4.69, 9.17) is 0 Å². The van der Waals surface area contributed by atoms with Crippen molar-refractivity contribution in [3.8, 4) is 0 Å². The lowest BCUT2D eigenvalue weighted by Crippen LogP contribution is -2.10. The van der Waals surface area contributed by atoms with Gasteiger partial charge in [-0.1, -0.05) is 43.8 Å². The molecule has 1 unspecified atom stereocenters. The van der Waals surface area contributed by atoms with Crippen LogP contribution in [0.2, 0.25) is 0 Å².